The summed E-state index contributed by atoms with van der Waals surface area (Å²) in [7, 11) is 0. The van der Waals surface area contributed by atoms with E-state index in [0.29, 0.717) is 28.7 Å². The Morgan fingerprint density at radius 1 is 1.07 bits per heavy atom. The molecule has 8 heteroatoms. The van der Waals surface area contributed by atoms with Crippen molar-refractivity contribution < 1.29 is 4.39 Å². The number of fused-ring (bicyclic) bond motifs is 1. The summed E-state index contributed by atoms with van der Waals surface area (Å²) in [5.41, 5.74) is 0.687. The molecule has 30 heavy (non-hydrogen) atoms. The van der Waals surface area contributed by atoms with Crippen LogP contribution in [-0.4, -0.2) is 18.7 Å². The van der Waals surface area contributed by atoms with Gasteiger partial charge in [-0.25, -0.2) is 18.7 Å². The maximum atomic E-state index is 14.2. The van der Waals surface area contributed by atoms with Crippen LogP contribution in [0.25, 0.3) is 16.9 Å². The van der Waals surface area contributed by atoms with Gasteiger partial charge in [-0.15, -0.1) is 0 Å². The molecule has 2 aromatic heterocycles. The van der Waals surface area contributed by atoms with Crippen molar-refractivity contribution in [3.8, 4) is 5.69 Å². The van der Waals surface area contributed by atoms with Gasteiger partial charge >= 0.3 is 5.69 Å². The van der Waals surface area contributed by atoms with Gasteiger partial charge in [-0.1, -0.05) is 29.8 Å². The van der Waals surface area contributed by atoms with E-state index in [-0.39, 0.29) is 23.5 Å². The summed E-state index contributed by atoms with van der Waals surface area (Å²) in [5.74, 6) is -0.0295. The quantitative estimate of drug-likeness (QED) is 0.492. The van der Waals surface area contributed by atoms with E-state index in [1.807, 2.05) is 0 Å². The predicted molar refractivity (Wildman–Crippen MR) is 113 cm³/mol. The van der Waals surface area contributed by atoms with E-state index in [1.54, 1.807) is 47.0 Å². The lowest BCUT2D eigenvalue weighted by Crippen LogP contribution is -2.40. The maximum Gasteiger partial charge on any atom is 0.337 e. The van der Waals surface area contributed by atoms with Crippen LogP contribution in [0.1, 0.15) is 18.4 Å². The average Bonchev–Trinajstić information content (AvgIpc) is 3.47. The number of hydrogen-bond donors (Lipinski definition) is 0. The van der Waals surface area contributed by atoms with Crippen LogP contribution >= 0.6 is 11.6 Å². The molecule has 6 nitrogen and oxygen atoms in total. The van der Waals surface area contributed by atoms with Crippen LogP contribution in [0, 0.1) is 11.7 Å². The zero-order valence-electron chi connectivity index (χ0n) is 16.0. The molecule has 1 aliphatic rings. The fraction of sp³-hybridized carbons (Fsp3) is 0.227. The van der Waals surface area contributed by atoms with Crippen LogP contribution in [0.3, 0.4) is 0 Å². The minimum absolute atomic E-state index is 0.140. The molecule has 2 aromatic carbocycles. The SMILES string of the molecule is O=c1c2c(ncn2Cc2ccccc2F)n(-c2ccc(Cl)cc2)c(=O)n1CC1CC1. The van der Waals surface area contributed by atoms with E-state index in [0.717, 1.165) is 12.8 Å². The third-order valence-corrected chi connectivity index (χ3v) is 5.67. The highest BCUT2D eigenvalue weighted by molar-refractivity contribution is 6.30. The average molecular weight is 425 g/mol. The number of benzene rings is 2. The molecular weight excluding hydrogens is 407 g/mol. The maximum absolute atomic E-state index is 14.2. The van der Waals surface area contributed by atoms with Crippen LogP contribution in [-0.2, 0) is 13.1 Å². The standard InChI is InChI=1S/C22H18ClFN4O2/c23-16-7-9-17(10-8-16)28-20-19(21(29)27(22(28)30)11-14-5-6-14)26(13-25-20)12-15-3-1-2-4-18(15)24/h1-4,7-10,13-14H,5-6,11-12H2. The normalized spacial score (nSPS) is 13.8. The summed E-state index contributed by atoms with van der Waals surface area (Å²) >= 11 is 6.00. The largest absolute Gasteiger partial charge is 0.337 e. The second kappa shape index (κ2) is 7.25. The van der Waals surface area contributed by atoms with Crippen molar-refractivity contribution >= 4 is 22.8 Å². The number of halogens is 2. The Bertz CT molecular complexity index is 1370. The summed E-state index contributed by atoms with van der Waals surface area (Å²) in [6, 6.07) is 13.2. The second-order valence-corrected chi connectivity index (χ2v) is 8.03. The van der Waals surface area contributed by atoms with Crippen LogP contribution in [0.2, 0.25) is 5.02 Å². The molecule has 0 amide bonds. The van der Waals surface area contributed by atoms with Crippen molar-refractivity contribution in [2.75, 3.05) is 0 Å². The highest BCUT2D eigenvalue weighted by Gasteiger charge is 2.26. The van der Waals surface area contributed by atoms with Crippen molar-refractivity contribution in [1.29, 1.82) is 0 Å². The fourth-order valence-corrected chi connectivity index (χ4v) is 3.78. The smallest absolute Gasteiger partial charge is 0.320 e. The highest BCUT2D eigenvalue weighted by atomic mass is 35.5. The Kier molecular flexibility index (Phi) is 4.55. The number of imidazole rings is 1. The van der Waals surface area contributed by atoms with E-state index < -0.39 is 11.2 Å². The molecule has 152 valence electrons. The topological polar surface area (TPSA) is 61.8 Å². The monoisotopic (exact) mass is 424 g/mol. The number of rotatable bonds is 5. The molecule has 0 saturated heterocycles. The summed E-state index contributed by atoms with van der Waals surface area (Å²) in [4.78, 5) is 30.9. The summed E-state index contributed by atoms with van der Waals surface area (Å²) in [6.45, 7) is 0.507. The summed E-state index contributed by atoms with van der Waals surface area (Å²) < 4.78 is 18.5. The molecule has 1 saturated carbocycles. The summed E-state index contributed by atoms with van der Waals surface area (Å²) in [6.07, 6.45) is 3.48. The Morgan fingerprint density at radius 3 is 2.50 bits per heavy atom. The van der Waals surface area contributed by atoms with Gasteiger partial charge in [-0.05, 0) is 49.1 Å². The van der Waals surface area contributed by atoms with Gasteiger partial charge in [-0.2, -0.15) is 0 Å². The van der Waals surface area contributed by atoms with Crippen molar-refractivity contribution in [3.05, 3.63) is 92.1 Å². The van der Waals surface area contributed by atoms with Crippen LogP contribution in [0.5, 0.6) is 0 Å². The van der Waals surface area contributed by atoms with Crippen molar-refractivity contribution in [2.24, 2.45) is 5.92 Å². The van der Waals surface area contributed by atoms with Gasteiger partial charge in [0.15, 0.2) is 11.2 Å². The number of nitrogens with zero attached hydrogens (tertiary/aromatic N) is 4. The zero-order chi connectivity index (χ0) is 20.8. The number of aromatic nitrogens is 4. The Morgan fingerprint density at radius 2 is 1.80 bits per heavy atom. The molecule has 0 N–H and O–H groups in total. The van der Waals surface area contributed by atoms with Crippen LogP contribution < -0.4 is 11.2 Å². The van der Waals surface area contributed by atoms with Gasteiger partial charge in [-0.3, -0.25) is 9.36 Å². The highest BCUT2D eigenvalue weighted by Crippen LogP contribution is 2.30. The molecule has 0 radical (unpaired) electrons. The Hall–Kier alpha value is -3.19. The van der Waals surface area contributed by atoms with Gasteiger partial charge in [0.1, 0.15) is 5.82 Å². The molecular formula is C22H18ClFN4O2. The third-order valence-electron chi connectivity index (χ3n) is 5.42. The van der Waals surface area contributed by atoms with Crippen molar-refractivity contribution in [2.45, 2.75) is 25.9 Å². The van der Waals surface area contributed by atoms with E-state index in [2.05, 4.69) is 4.98 Å². The molecule has 0 spiro atoms. The first kappa shape index (κ1) is 18.8. The first-order valence-corrected chi connectivity index (χ1v) is 10.1. The van der Waals surface area contributed by atoms with E-state index >= 15 is 0 Å². The summed E-state index contributed by atoms with van der Waals surface area (Å²) in [5, 5.41) is 0.541. The Labute approximate surface area is 175 Å². The van der Waals surface area contributed by atoms with E-state index in [1.165, 1.54) is 21.5 Å². The van der Waals surface area contributed by atoms with Crippen LogP contribution in [0.4, 0.5) is 4.39 Å². The molecule has 4 aromatic rings. The predicted octanol–water partition coefficient (Wildman–Crippen LogP) is 3.60. The molecule has 1 fully saturated rings. The van der Waals surface area contributed by atoms with Gasteiger partial charge in [0, 0.05) is 17.1 Å². The first-order valence-electron chi connectivity index (χ1n) is 9.73. The third kappa shape index (κ3) is 3.25. The Balaban J connectivity index is 1.76. The van der Waals surface area contributed by atoms with E-state index in [4.69, 9.17) is 11.6 Å². The molecule has 0 aliphatic heterocycles. The molecule has 0 bridgehead atoms. The number of hydrogen-bond acceptors (Lipinski definition) is 3. The zero-order valence-corrected chi connectivity index (χ0v) is 16.7. The fourth-order valence-electron chi connectivity index (χ4n) is 3.65. The van der Waals surface area contributed by atoms with Gasteiger partial charge in [0.25, 0.3) is 5.56 Å². The minimum Gasteiger partial charge on any atom is -0.320 e. The van der Waals surface area contributed by atoms with Crippen molar-refractivity contribution in [1.82, 2.24) is 18.7 Å². The lowest BCUT2D eigenvalue weighted by molar-refractivity contribution is 0.566. The molecule has 0 unspecified atom stereocenters. The van der Waals surface area contributed by atoms with Gasteiger partial charge in [0.2, 0.25) is 0 Å². The lowest BCUT2D eigenvalue weighted by atomic mass is 10.2. The van der Waals surface area contributed by atoms with Crippen molar-refractivity contribution in [3.63, 3.8) is 0 Å². The van der Waals surface area contributed by atoms with E-state index in [9.17, 15) is 14.0 Å². The molecule has 2 heterocycles. The minimum atomic E-state index is -0.433. The van der Waals surface area contributed by atoms with Gasteiger partial charge in [0.05, 0.1) is 18.6 Å². The first-order chi connectivity index (χ1) is 14.5. The molecule has 1 aliphatic carbocycles. The molecule has 0 atom stereocenters. The molecule has 5 rings (SSSR count). The second-order valence-electron chi connectivity index (χ2n) is 7.59. The van der Waals surface area contributed by atoms with Gasteiger partial charge < -0.3 is 4.57 Å². The van der Waals surface area contributed by atoms with Crippen LogP contribution in [0.15, 0.2) is 64.4 Å². The lowest BCUT2D eigenvalue weighted by Gasteiger charge is -2.13.